The number of rotatable bonds is 9. The van der Waals surface area contributed by atoms with E-state index in [1.54, 1.807) is 0 Å². The molecule has 1 amide bonds. The van der Waals surface area contributed by atoms with Crippen molar-refractivity contribution in [1.29, 1.82) is 0 Å². The number of nitrogen functional groups attached to an aromatic ring is 1. The van der Waals surface area contributed by atoms with Gasteiger partial charge < -0.3 is 21.1 Å². The number of hydrogen-bond donors (Lipinski definition) is 3. The molecule has 0 aliphatic carbocycles. The van der Waals surface area contributed by atoms with Gasteiger partial charge in [-0.25, -0.2) is 0 Å². The van der Waals surface area contributed by atoms with Crippen molar-refractivity contribution in [2.45, 2.75) is 26.3 Å². The summed E-state index contributed by atoms with van der Waals surface area (Å²) in [6.07, 6.45) is 2.64. The minimum atomic E-state index is -0.207. The van der Waals surface area contributed by atoms with E-state index in [9.17, 15) is 4.79 Å². The highest BCUT2D eigenvalue weighted by molar-refractivity contribution is 7.11. The largest absolute Gasteiger partial charge is 0.382 e. The van der Waals surface area contributed by atoms with Crippen LogP contribution in [0.4, 0.5) is 10.8 Å². The molecule has 0 aromatic carbocycles. The Morgan fingerprint density at radius 1 is 1.55 bits per heavy atom. The maximum atomic E-state index is 12.0. The molecule has 0 saturated heterocycles. The maximum Gasteiger partial charge on any atom is 0.258 e. The third kappa shape index (κ3) is 5.18. The third-order valence-corrected chi connectivity index (χ3v) is 3.18. The molecular formula is C13H22N4O2S. The van der Waals surface area contributed by atoms with Crippen LogP contribution in [0.3, 0.4) is 0 Å². The molecule has 0 fully saturated rings. The molecule has 1 aromatic rings. The van der Waals surface area contributed by atoms with Crippen LogP contribution in [0.2, 0.25) is 0 Å². The van der Waals surface area contributed by atoms with Crippen molar-refractivity contribution < 1.29 is 9.53 Å². The van der Waals surface area contributed by atoms with Crippen LogP contribution in [0.1, 0.15) is 30.6 Å². The normalized spacial score (nSPS) is 10.6. The first kappa shape index (κ1) is 16.5. The molecule has 0 bridgehead atoms. The molecule has 1 rings (SSSR count). The SMILES string of the molecule is C=CCCOCCNc1snc(N)c1C(=O)NC(C)C. The van der Waals surface area contributed by atoms with Gasteiger partial charge in [-0.3, -0.25) is 4.79 Å². The lowest BCUT2D eigenvalue weighted by Crippen LogP contribution is -2.31. The number of hydrogen-bond acceptors (Lipinski definition) is 6. The Bertz CT molecular complexity index is 446. The number of nitrogens with one attached hydrogen (secondary N) is 2. The summed E-state index contributed by atoms with van der Waals surface area (Å²) >= 11 is 1.18. The Morgan fingerprint density at radius 3 is 2.95 bits per heavy atom. The molecule has 1 aromatic heterocycles. The molecule has 7 heteroatoms. The minimum Gasteiger partial charge on any atom is -0.382 e. The van der Waals surface area contributed by atoms with E-state index in [4.69, 9.17) is 10.5 Å². The second kappa shape index (κ2) is 8.55. The zero-order chi connectivity index (χ0) is 15.0. The van der Waals surface area contributed by atoms with Crippen LogP contribution in [0.15, 0.2) is 12.7 Å². The first-order valence-corrected chi connectivity index (χ1v) is 7.32. The second-order valence-corrected chi connectivity index (χ2v) is 5.29. The van der Waals surface area contributed by atoms with E-state index in [1.165, 1.54) is 11.5 Å². The molecule has 1 heterocycles. The topological polar surface area (TPSA) is 89.3 Å². The summed E-state index contributed by atoms with van der Waals surface area (Å²) in [5, 5.41) is 6.61. The highest BCUT2D eigenvalue weighted by Gasteiger charge is 2.19. The number of ether oxygens (including phenoxy) is 1. The van der Waals surface area contributed by atoms with Crippen LogP contribution >= 0.6 is 11.5 Å². The van der Waals surface area contributed by atoms with Gasteiger partial charge in [0.1, 0.15) is 10.6 Å². The average molecular weight is 298 g/mol. The van der Waals surface area contributed by atoms with Crippen molar-refractivity contribution in [3.63, 3.8) is 0 Å². The monoisotopic (exact) mass is 298 g/mol. The van der Waals surface area contributed by atoms with Gasteiger partial charge in [-0.15, -0.1) is 6.58 Å². The molecule has 0 unspecified atom stereocenters. The number of carbonyl (C=O) groups is 1. The number of nitrogens with two attached hydrogens (primary N) is 1. The first-order valence-electron chi connectivity index (χ1n) is 6.54. The van der Waals surface area contributed by atoms with Crippen molar-refractivity contribution in [2.75, 3.05) is 30.8 Å². The highest BCUT2D eigenvalue weighted by Crippen LogP contribution is 2.26. The predicted octanol–water partition coefficient (Wildman–Crippen LogP) is 1.87. The molecule has 0 saturated carbocycles. The molecule has 0 aliphatic rings. The lowest BCUT2D eigenvalue weighted by Gasteiger charge is -2.10. The fraction of sp³-hybridized carbons (Fsp3) is 0.538. The van der Waals surface area contributed by atoms with Crippen LogP contribution in [0, 0.1) is 0 Å². The second-order valence-electron chi connectivity index (χ2n) is 4.52. The van der Waals surface area contributed by atoms with Crippen LogP contribution in [-0.2, 0) is 4.74 Å². The summed E-state index contributed by atoms with van der Waals surface area (Å²) in [7, 11) is 0. The van der Waals surface area contributed by atoms with Crippen molar-refractivity contribution in [1.82, 2.24) is 9.69 Å². The van der Waals surface area contributed by atoms with E-state index in [0.29, 0.717) is 30.3 Å². The van der Waals surface area contributed by atoms with Gasteiger partial charge in [-0.2, -0.15) is 4.37 Å². The summed E-state index contributed by atoms with van der Waals surface area (Å²) in [6, 6.07) is 0.0527. The molecular weight excluding hydrogens is 276 g/mol. The van der Waals surface area contributed by atoms with Crippen LogP contribution in [-0.4, -0.2) is 36.1 Å². The van der Waals surface area contributed by atoms with E-state index in [-0.39, 0.29) is 17.8 Å². The predicted molar refractivity (Wildman–Crippen MR) is 83.3 cm³/mol. The zero-order valence-electron chi connectivity index (χ0n) is 11.9. The molecule has 20 heavy (non-hydrogen) atoms. The van der Waals surface area contributed by atoms with Crippen molar-refractivity contribution >= 4 is 28.3 Å². The van der Waals surface area contributed by atoms with Gasteiger partial charge in [-0.1, -0.05) is 6.08 Å². The van der Waals surface area contributed by atoms with Gasteiger partial charge in [0.05, 0.1) is 13.2 Å². The first-order chi connectivity index (χ1) is 9.56. The van der Waals surface area contributed by atoms with Gasteiger partial charge >= 0.3 is 0 Å². The number of carbonyl (C=O) groups excluding carboxylic acids is 1. The van der Waals surface area contributed by atoms with Crippen LogP contribution in [0.25, 0.3) is 0 Å². The summed E-state index contributed by atoms with van der Waals surface area (Å²) in [5.41, 5.74) is 6.16. The fourth-order valence-corrected chi connectivity index (χ4v) is 2.22. The zero-order valence-corrected chi connectivity index (χ0v) is 12.8. The number of anilines is 2. The quantitative estimate of drug-likeness (QED) is 0.478. The van der Waals surface area contributed by atoms with Crippen LogP contribution in [0.5, 0.6) is 0 Å². The van der Waals surface area contributed by atoms with Crippen LogP contribution < -0.4 is 16.4 Å². The summed E-state index contributed by atoms with van der Waals surface area (Å²) in [6.45, 7) is 9.22. The Morgan fingerprint density at radius 2 is 2.30 bits per heavy atom. The lowest BCUT2D eigenvalue weighted by atomic mass is 10.2. The highest BCUT2D eigenvalue weighted by atomic mass is 32.1. The number of nitrogens with zero attached hydrogens (tertiary/aromatic N) is 1. The van der Waals surface area contributed by atoms with E-state index in [1.807, 2.05) is 19.9 Å². The minimum absolute atomic E-state index is 0.0527. The number of aromatic nitrogens is 1. The van der Waals surface area contributed by atoms with E-state index in [0.717, 1.165) is 6.42 Å². The molecule has 4 N–H and O–H groups in total. The average Bonchev–Trinajstić information content (AvgIpc) is 2.74. The van der Waals surface area contributed by atoms with Gasteiger partial charge in [0.2, 0.25) is 0 Å². The third-order valence-electron chi connectivity index (χ3n) is 2.36. The summed E-state index contributed by atoms with van der Waals surface area (Å²) in [4.78, 5) is 12.0. The molecule has 112 valence electrons. The van der Waals surface area contributed by atoms with Gasteiger partial charge in [0.15, 0.2) is 5.82 Å². The molecule has 0 aliphatic heterocycles. The lowest BCUT2D eigenvalue weighted by molar-refractivity contribution is 0.0945. The van der Waals surface area contributed by atoms with Crippen molar-refractivity contribution in [2.24, 2.45) is 0 Å². The Kier molecular flexibility index (Phi) is 7.03. The fourth-order valence-electron chi connectivity index (χ4n) is 1.48. The number of amides is 1. The van der Waals surface area contributed by atoms with E-state index in [2.05, 4.69) is 21.6 Å². The van der Waals surface area contributed by atoms with Gasteiger partial charge in [0, 0.05) is 12.6 Å². The van der Waals surface area contributed by atoms with E-state index < -0.39 is 0 Å². The van der Waals surface area contributed by atoms with Crippen molar-refractivity contribution in [3.05, 3.63) is 18.2 Å². The smallest absolute Gasteiger partial charge is 0.258 e. The van der Waals surface area contributed by atoms with E-state index >= 15 is 0 Å². The van der Waals surface area contributed by atoms with Crippen molar-refractivity contribution in [3.8, 4) is 0 Å². The summed E-state index contributed by atoms with van der Waals surface area (Å²) < 4.78 is 9.40. The Balaban J connectivity index is 2.50. The molecule has 0 spiro atoms. The molecule has 0 atom stereocenters. The van der Waals surface area contributed by atoms with Gasteiger partial charge in [0.25, 0.3) is 5.91 Å². The Labute approximate surface area is 123 Å². The standard InChI is InChI=1S/C13H22N4O2S/c1-4-5-7-19-8-6-15-13-10(11(14)17-20-13)12(18)16-9(2)3/h4,9,15H,1,5-8H2,2-3H3,(H2,14,17)(H,16,18). The molecule has 0 radical (unpaired) electrons. The maximum absolute atomic E-state index is 12.0. The molecule has 6 nitrogen and oxygen atoms in total. The van der Waals surface area contributed by atoms with Gasteiger partial charge in [-0.05, 0) is 31.8 Å². The Hall–Kier alpha value is -1.60. The summed E-state index contributed by atoms with van der Waals surface area (Å²) in [5.74, 6) is 0.0459.